The standard InChI is InChI=1S/C22H16ClF3N8O3/c1-10-28-17-4-12(23)16(6-18(17)37-10)29-20-30-21(35)34(8-19-27-9-32(2)31-19)22(36)33(20)7-11-3-14(25)15(26)5-13(11)24/h3-6,9H,7-8H2,1-2H3,(H,29,30,35). The van der Waals surface area contributed by atoms with Gasteiger partial charge in [-0.2, -0.15) is 10.1 Å². The van der Waals surface area contributed by atoms with Gasteiger partial charge in [-0.3, -0.25) is 9.25 Å². The van der Waals surface area contributed by atoms with E-state index in [9.17, 15) is 22.8 Å². The molecule has 0 spiro atoms. The Kier molecular flexibility index (Phi) is 6.03. The Bertz CT molecular complexity index is 1790. The zero-order valence-electron chi connectivity index (χ0n) is 19.2. The van der Waals surface area contributed by atoms with Crippen LogP contribution in [0.25, 0.3) is 11.1 Å². The minimum atomic E-state index is -1.39. The van der Waals surface area contributed by atoms with Gasteiger partial charge in [0.05, 0.1) is 23.8 Å². The van der Waals surface area contributed by atoms with Crippen LogP contribution in [0.3, 0.4) is 0 Å². The molecule has 0 aliphatic rings. The molecular weight excluding hydrogens is 517 g/mol. The second kappa shape index (κ2) is 9.20. The number of nitrogens with zero attached hydrogens (tertiary/aromatic N) is 7. The van der Waals surface area contributed by atoms with Gasteiger partial charge in [0.15, 0.2) is 28.9 Å². The van der Waals surface area contributed by atoms with Gasteiger partial charge in [-0.25, -0.2) is 37.3 Å². The number of aromatic nitrogens is 7. The topological polar surface area (TPSA) is 126 Å². The fourth-order valence-electron chi connectivity index (χ4n) is 3.64. The molecule has 15 heteroatoms. The number of hydrogen-bond donors (Lipinski definition) is 1. The van der Waals surface area contributed by atoms with Crippen LogP contribution < -0.4 is 16.7 Å². The summed E-state index contributed by atoms with van der Waals surface area (Å²) in [7, 11) is 1.60. The van der Waals surface area contributed by atoms with E-state index >= 15 is 0 Å². The van der Waals surface area contributed by atoms with Crippen molar-refractivity contribution in [3.63, 3.8) is 0 Å². The highest BCUT2D eigenvalue weighted by Gasteiger charge is 2.19. The first-order chi connectivity index (χ1) is 17.6. The zero-order valence-corrected chi connectivity index (χ0v) is 19.9. The number of rotatable bonds is 6. The van der Waals surface area contributed by atoms with Crippen molar-refractivity contribution in [2.24, 2.45) is 7.05 Å². The first-order valence-corrected chi connectivity index (χ1v) is 11.0. The molecule has 5 aromatic rings. The van der Waals surface area contributed by atoms with Crippen molar-refractivity contribution in [2.75, 3.05) is 5.32 Å². The maximum absolute atomic E-state index is 14.5. The third-order valence-electron chi connectivity index (χ3n) is 5.34. The van der Waals surface area contributed by atoms with Crippen LogP contribution in [-0.4, -0.2) is 33.9 Å². The number of hydrogen-bond acceptors (Lipinski definition) is 8. The number of oxazole rings is 1. The summed E-state index contributed by atoms with van der Waals surface area (Å²) in [6.45, 7) is 0.706. The lowest BCUT2D eigenvalue weighted by atomic mass is 10.2. The molecule has 0 atom stereocenters. The molecule has 0 saturated heterocycles. The van der Waals surface area contributed by atoms with Crippen LogP contribution in [0.5, 0.6) is 0 Å². The van der Waals surface area contributed by atoms with Gasteiger partial charge in [0.1, 0.15) is 17.7 Å². The van der Waals surface area contributed by atoms with Gasteiger partial charge in [0, 0.05) is 31.7 Å². The summed E-state index contributed by atoms with van der Waals surface area (Å²) in [5.41, 5.74) is -1.23. The summed E-state index contributed by atoms with van der Waals surface area (Å²) in [6.07, 6.45) is 1.38. The monoisotopic (exact) mass is 532 g/mol. The number of nitrogens with one attached hydrogen (secondary N) is 1. The predicted octanol–water partition coefficient (Wildman–Crippen LogP) is 2.89. The number of halogens is 4. The fraction of sp³-hybridized carbons (Fsp3) is 0.182. The first kappa shape index (κ1) is 24.2. The molecule has 3 heterocycles. The van der Waals surface area contributed by atoms with E-state index in [-0.39, 0.29) is 34.6 Å². The fourth-order valence-corrected chi connectivity index (χ4v) is 3.84. The van der Waals surface area contributed by atoms with Gasteiger partial charge in [0.2, 0.25) is 5.95 Å². The largest absolute Gasteiger partial charge is 0.441 e. The summed E-state index contributed by atoms with van der Waals surface area (Å²) in [6, 6.07) is 3.96. The molecule has 2 aromatic carbocycles. The third kappa shape index (κ3) is 4.70. The minimum Gasteiger partial charge on any atom is -0.441 e. The third-order valence-corrected chi connectivity index (χ3v) is 5.66. The van der Waals surface area contributed by atoms with Crippen molar-refractivity contribution < 1.29 is 17.6 Å². The van der Waals surface area contributed by atoms with Crippen LogP contribution in [0, 0.1) is 24.4 Å². The smallest absolute Gasteiger partial charge is 0.355 e. The summed E-state index contributed by atoms with van der Waals surface area (Å²) < 4.78 is 50.3. The SMILES string of the molecule is Cc1nc2cc(Cl)c(Nc3nc(=O)n(Cc4ncn(C)n4)c(=O)n3Cc3cc(F)c(F)cc3F)cc2o1. The molecule has 3 aromatic heterocycles. The maximum Gasteiger partial charge on any atom is 0.355 e. The number of anilines is 2. The lowest BCUT2D eigenvalue weighted by Crippen LogP contribution is -2.43. The van der Waals surface area contributed by atoms with E-state index in [0.717, 1.165) is 9.13 Å². The molecule has 0 saturated carbocycles. The minimum absolute atomic E-state index is 0.143. The van der Waals surface area contributed by atoms with Crippen LogP contribution >= 0.6 is 11.6 Å². The second-order valence-corrected chi connectivity index (χ2v) is 8.43. The van der Waals surface area contributed by atoms with E-state index < -0.39 is 35.4 Å². The first-order valence-electron chi connectivity index (χ1n) is 10.6. The summed E-state index contributed by atoms with van der Waals surface area (Å²) in [4.78, 5) is 38.3. The van der Waals surface area contributed by atoms with E-state index in [1.165, 1.54) is 23.1 Å². The Morgan fingerprint density at radius 2 is 1.76 bits per heavy atom. The van der Waals surface area contributed by atoms with Crippen molar-refractivity contribution in [3.8, 4) is 0 Å². The van der Waals surface area contributed by atoms with Crippen molar-refractivity contribution in [1.82, 2.24) is 33.9 Å². The molecule has 0 fully saturated rings. The Labute approximate surface area is 209 Å². The average Bonchev–Trinajstić information content (AvgIpc) is 3.40. The van der Waals surface area contributed by atoms with E-state index in [1.54, 1.807) is 14.0 Å². The summed E-state index contributed by atoms with van der Waals surface area (Å²) in [5, 5.41) is 6.97. The van der Waals surface area contributed by atoms with Gasteiger partial charge in [-0.15, -0.1) is 0 Å². The maximum atomic E-state index is 14.5. The molecule has 190 valence electrons. The molecule has 1 N–H and O–H groups in total. The van der Waals surface area contributed by atoms with Gasteiger partial charge in [-0.1, -0.05) is 11.6 Å². The summed E-state index contributed by atoms with van der Waals surface area (Å²) >= 11 is 6.35. The average molecular weight is 533 g/mol. The van der Waals surface area contributed by atoms with Gasteiger partial charge in [0.25, 0.3) is 0 Å². The van der Waals surface area contributed by atoms with Crippen LogP contribution in [0.4, 0.5) is 24.8 Å². The Morgan fingerprint density at radius 1 is 1.00 bits per heavy atom. The van der Waals surface area contributed by atoms with E-state index in [1.807, 2.05) is 0 Å². The Hall–Kier alpha value is -4.46. The highest BCUT2D eigenvalue weighted by Crippen LogP contribution is 2.30. The summed E-state index contributed by atoms with van der Waals surface area (Å²) in [5.74, 6) is -3.60. The Morgan fingerprint density at radius 3 is 2.49 bits per heavy atom. The molecule has 0 aliphatic carbocycles. The van der Waals surface area contributed by atoms with Crippen LogP contribution in [0.1, 0.15) is 17.3 Å². The molecule has 0 aliphatic heterocycles. The van der Waals surface area contributed by atoms with Crippen molar-refractivity contribution >= 4 is 34.3 Å². The highest BCUT2D eigenvalue weighted by molar-refractivity contribution is 6.34. The molecule has 5 rings (SSSR count). The number of aryl methyl sites for hydroxylation is 2. The second-order valence-electron chi connectivity index (χ2n) is 8.02. The zero-order chi connectivity index (χ0) is 26.4. The van der Waals surface area contributed by atoms with E-state index in [2.05, 4.69) is 25.4 Å². The number of fused-ring (bicyclic) bond motifs is 1. The normalized spacial score (nSPS) is 11.4. The molecule has 0 amide bonds. The Balaban J connectivity index is 1.64. The molecule has 0 unspecified atom stereocenters. The van der Waals surface area contributed by atoms with Crippen LogP contribution in [0.15, 0.2) is 44.6 Å². The van der Waals surface area contributed by atoms with Crippen molar-refractivity contribution in [2.45, 2.75) is 20.0 Å². The molecule has 0 bridgehead atoms. The molecule has 11 nitrogen and oxygen atoms in total. The predicted molar refractivity (Wildman–Crippen MR) is 125 cm³/mol. The quantitative estimate of drug-likeness (QED) is 0.331. The molecule has 37 heavy (non-hydrogen) atoms. The van der Waals surface area contributed by atoms with Crippen molar-refractivity contribution in [3.05, 3.63) is 91.3 Å². The molecular formula is C22H16ClF3N8O3. The van der Waals surface area contributed by atoms with E-state index in [0.29, 0.717) is 29.1 Å². The van der Waals surface area contributed by atoms with Gasteiger partial charge >= 0.3 is 11.4 Å². The lowest BCUT2D eigenvalue weighted by Gasteiger charge is -2.16. The van der Waals surface area contributed by atoms with Gasteiger partial charge < -0.3 is 9.73 Å². The van der Waals surface area contributed by atoms with E-state index in [4.69, 9.17) is 16.0 Å². The molecule has 0 radical (unpaired) electrons. The van der Waals surface area contributed by atoms with Gasteiger partial charge in [-0.05, 0) is 12.1 Å². The van der Waals surface area contributed by atoms with Crippen LogP contribution in [-0.2, 0) is 20.1 Å². The van der Waals surface area contributed by atoms with Crippen LogP contribution in [0.2, 0.25) is 5.02 Å². The highest BCUT2D eigenvalue weighted by atomic mass is 35.5. The van der Waals surface area contributed by atoms with Crippen molar-refractivity contribution in [1.29, 1.82) is 0 Å². The number of benzene rings is 2. The lowest BCUT2D eigenvalue weighted by molar-refractivity contribution is 0.485.